The number of aromatic amines is 1. The monoisotopic (exact) mass is 623 g/mol. The second-order valence-corrected chi connectivity index (χ2v) is 13.3. The summed E-state index contributed by atoms with van der Waals surface area (Å²) in [4.78, 5) is 41.1. The number of fused-ring (bicyclic) bond motifs is 3. The topological polar surface area (TPSA) is 169 Å². The zero-order chi connectivity index (χ0) is 32.6. The minimum atomic E-state index is -0.870. The van der Waals surface area contributed by atoms with Crippen molar-refractivity contribution in [3.8, 4) is 6.07 Å². The van der Waals surface area contributed by atoms with Crippen LogP contribution in [0.1, 0.15) is 95.8 Å². The van der Waals surface area contributed by atoms with Crippen LogP contribution in [0.2, 0.25) is 0 Å². The van der Waals surface area contributed by atoms with Gasteiger partial charge in [0.15, 0.2) is 5.82 Å². The Morgan fingerprint density at radius 1 is 0.978 bits per heavy atom. The van der Waals surface area contributed by atoms with Gasteiger partial charge in [-0.05, 0) is 129 Å². The van der Waals surface area contributed by atoms with Gasteiger partial charge in [0, 0.05) is 29.3 Å². The lowest BCUT2D eigenvalue weighted by Crippen LogP contribution is -2.44. The first-order chi connectivity index (χ1) is 22.1. The maximum atomic E-state index is 13.2. The van der Waals surface area contributed by atoms with Crippen molar-refractivity contribution in [2.45, 2.75) is 89.4 Å². The molecule has 12 heteroatoms. The molecule has 2 heterocycles. The Bertz CT molecular complexity index is 1600. The molecular weight excluding hydrogens is 582 g/mol. The van der Waals surface area contributed by atoms with Gasteiger partial charge in [0.25, 0.3) is 11.8 Å². The summed E-state index contributed by atoms with van der Waals surface area (Å²) in [6.45, 7) is 8.27. The van der Waals surface area contributed by atoms with Crippen molar-refractivity contribution in [3.05, 3.63) is 75.6 Å². The van der Waals surface area contributed by atoms with E-state index in [1.165, 1.54) is 0 Å². The van der Waals surface area contributed by atoms with Gasteiger partial charge in [0.2, 0.25) is 5.91 Å². The van der Waals surface area contributed by atoms with Gasteiger partial charge in [-0.25, -0.2) is 5.10 Å². The van der Waals surface area contributed by atoms with E-state index >= 15 is 0 Å². The Morgan fingerprint density at radius 3 is 2.11 bits per heavy atom. The third-order valence-electron chi connectivity index (χ3n) is 9.40. The number of piperidine rings is 1. The number of aryl methyl sites for hydroxylation is 2. The third-order valence-corrected chi connectivity index (χ3v) is 9.40. The normalized spacial score (nSPS) is 20.7. The molecule has 1 aromatic heterocycles. The average Bonchev–Trinajstić information content (AvgIpc) is 3.41. The molecule has 3 aromatic rings. The number of benzene rings is 2. The van der Waals surface area contributed by atoms with Crippen molar-refractivity contribution < 1.29 is 14.4 Å². The molecule has 6 rings (SSSR count). The summed E-state index contributed by atoms with van der Waals surface area (Å²) in [6.07, 6.45) is 3.51. The summed E-state index contributed by atoms with van der Waals surface area (Å²) < 4.78 is 0. The summed E-state index contributed by atoms with van der Waals surface area (Å²) in [6, 6.07) is 13.7. The maximum absolute atomic E-state index is 13.2. The lowest BCUT2D eigenvalue weighted by molar-refractivity contribution is -0.131. The summed E-state index contributed by atoms with van der Waals surface area (Å²) in [5.74, 6) is 0.642. The van der Waals surface area contributed by atoms with Crippen LogP contribution in [-0.4, -0.2) is 80.5 Å². The van der Waals surface area contributed by atoms with Crippen LogP contribution < -0.4 is 16.0 Å². The standard InChI is InChI=1S/C34H41N9O3/c1-19(2)37-31(45)23-7-9-27-21(13-23)5-6-22-14-24(32(46)38-20(3)4)8-10-28(22)34(27,33-39-41-42-40-33)11-12-36-18-30(44)43-26(17-35)15-25-16-29(25)43/h7-10,13-14,19-20,25-26,29,36H,5-6,11-12,15-16,18H2,1-4H3,(H,37,45)(H,38,46)(H,39,40,41,42)/t25-,26+,29+/m1/s1. The lowest BCUT2D eigenvalue weighted by Gasteiger charge is -2.35. The van der Waals surface area contributed by atoms with Crippen LogP contribution >= 0.6 is 0 Å². The van der Waals surface area contributed by atoms with Gasteiger partial charge in [0.05, 0.1) is 18.0 Å². The zero-order valence-corrected chi connectivity index (χ0v) is 26.8. The molecule has 3 amide bonds. The van der Waals surface area contributed by atoms with Crippen LogP contribution in [0, 0.1) is 17.2 Å². The Balaban J connectivity index is 1.37. The molecule has 0 spiro atoms. The van der Waals surface area contributed by atoms with E-state index < -0.39 is 5.41 Å². The van der Waals surface area contributed by atoms with E-state index in [4.69, 9.17) is 0 Å². The van der Waals surface area contributed by atoms with Gasteiger partial charge in [-0.2, -0.15) is 5.26 Å². The number of nitrogens with one attached hydrogen (secondary N) is 4. The molecule has 1 saturated carbocycles. The Morgan fingerprint density at radius 2 is 1.59 bits per heavy atom. The minimum Gasteiger partial charge on any atom is -0.350 e. The number of nitrogens with zero attached hydrogens (tertiary/aromatic N) is 5. The van der Waals surface area contributed by atoms with E-state index in [9.17, 15) is 19.6 Å². The number of hydrogen-bond donors (Lipinski definition) is 4. The van der Waals surface area contributed by atoms with Crippen molar-refractivity contribution in [3.63, 3.8) is 0 Å². The average molecular weight is 624 g/mol. The van der Waals surface area contributed by atoms with Gasteiger partial charge in [-0.3, -0.25) is 14.4 Å². The number of amides is 3. The molecule has 12 nitrogen and oxygen atoms in total. The van der Waals surface area contributed by atoms with E-state index in [1.54, 1.807) is 4.90 Å². The number of aromatic nitrogens is 4. The molecule has 1 aliphatic heterocycles. The fourth-order valence-electron chi connectivity index (χ4n) is 7.30. The van der Waals surface area contributed by atoms with Crippen molar-refractivity contribution in [1.82, 2.24) is 41.5 Å². The maximum Gasteiger partial charge on any atom is 0.251 e. The van der Waals surface area contributed by atoms with Crippen LogP contribution in [0.4, 0.5) is 0 Å². The smallest absolute Gasteiger partial charge is 0.251 e. The quantitative estimate of drug-likeness (QED) is 0.250. The van der Waals surface area contributed by atoms with E-state index in [0.717, 1.165) is 35.1 Å². The molecule has 0 bridgehead atoms. The van der Waals surface area contributed by atoms with E-state index in [2.05, 4.69) is 42.6 Å². The minimum absolute atomic E-state index is 0.00564. The molecule has 2 fully saturated rings. The first-order valence-electron chi connectivity index (χ1n) is 16.2. The second kappa shape index (κ2) is 12.6. The predicted molar refractivity (Wildman–Crippen MR) is 170 cm³/mol. The highest BCUT2D eigenvalue weighted by Crippen LogP contribution is 2.48. The van der Waals surface area contributed by atoms with E-state index in [0.29, 0.717) is 48.7 Å². The van der Waals surface area contributed by atoms with Gasteiger partial charge in [-0.15, -0.1) is 5.10 Å². The van der Waals surface area contributed by atoms with Crippen LogP contribution in [0.3, 0.4) is 0 Å². The molecule has 1 saturated heterocycles. The number of nitriles is 1. The molecule has 2 aromatic carbocycles. The summed E-state index contributed by atoms with van der Waals surface area (Å²) in [7, 11) is 0. The first kappa shape index (κ1) is 31.4. The molecule has 3 aliphatic rings. The van der Waals surface area contributed by atoms with E-state index in [1.807, 2.05) is 64.1 Å². The van der Waals surface area contributed by atoms with Crippen LogP contribution in [0.25, 0.3) is 0 Å². The highest BCUT2D eigenvalue weighted by atomic mass is 16.2. The van der Waals surface area contributed by atoms with Crippen LogP contribution in [0.15, 0.2) is 36.4 Å². The number of hydrogen-bond acceptors (Lipinski definition) is 8. The number of tetrazole rings is 1. The number of rotatable bonds is 10. The molecule has 46 heavy (non-hydrogen) atoms. The largest absolute Gasteiger partial charge is 0.350 e. The van der Waals surface area contributed by atoms with E-state index in [-0.39, 0.29) is 48.4 Å². The van der Waals surface area contributed by atoms with Gasteiger partial charge >= 0.3 is 0 Å². The Hall–Kier alpha value is -4.63. The highest BCUT2D eigenvalue weighted by molar-refractivity contribution is 5.95. The Labute approximate surface area is 268 Å². The fraction of sp³-hybridized carbons (Fsp3) is 0.500. The van der Waals surface area contributed by atoms with Crippen LogP contribution in [-0.2, 0) is 23.1 Å². The first-order valence-corrected chi connectivity index (χ1v) is 16.2. The SMILES string of the molecule is CC(C)NC(=O)c1ccc2c(c1)CCc1cc(C(=O)NC(C)C)ccc1C2(CCNCC(=O)N1[C@H](C#N)C[C@@H]2C[C@@H]21)c1nnn[nH]1. The lowest BCUT2D eigenvalue weighted by atomic mass is 9.69. The number of H-pyrrole nitrogens is 1. The van der Waals surface area contributed by atoms with Gasteiger partial charge < -0.3 is 20.9 Å². The van der Waals surface area contributed by atoms with Crippen molar-refractivity contribution in [2.24, 2.45) is 5.92 Å². The molecule has 3 atom stereocenters. The molecule has 2 aliphatic carbocycles. The summed E-state index contributed by atoms with van der Waals surface area (Å²) in [5, 5.41) is 34.3. The summed E-state index contributed by atoms with van der Waals surface area (Å²) >= 11 is 0. The predicted octanol–water partition coefficient (Wildman–Crippen LogP) is 2.40. The van der Waals surface area contributed by atoms with Crippen molar-refractivity contribution >= 4 is 17.7 Å². The van der Waals surface area contributed by atoms with Crippen molar-refractivity contribution in [2.75, 3.05) is 13.1 Å². The summed E-state index contributed by atoms with van der Waals surface area (Å²) in [5.41, 5.74) is 4.17. The van der Waals surface area contributed by atoms with Crippen molar-refractivity contribution in [1.29, 1.82) is 5.26 Å². The second-order valence-electron chi connectivity index (χ2n) is 13.3. The highest BCUT2D eigenvalue weighted by Gasteiger charge is 2.54. The molecular formula is C34H41N9O3. The fourth-order valence-corrected chi connectivity index (χ4v) is 7.30. The van der Waals surface area contributed by atoms with Gasteiger partial charge in [0.1, 0.15) is 6.04 Å². The molecule has 4 N–H and O–H groups in total. The molecule has 240 valence electrons. The number of likely N-dealkylation sites (tertiary alicyclic amines) is 1. The third kappa shape index (κ3) is 5.87. The zero-order valence-electron chi connectivity index (χ0n) is 26.8. The number of carbonyl (C=O) groups excluding carboxylic acids is 3. The Kier molecular flexibility index (Phi) is 8.61. The molecule has 0 radical (unpaired) electrons. The number of carbonyl (C=O) groups is 3. The van der Waals surface area contributed by atoms with Gasteiger partial charge in [-0.1, -0.05) is 12.1 Å². The molecule has 0 unspecified atom stereocenters. The van der Waals surface area contributed by atoms with Crippen LogP contribution in [0.5, 0.6) is 0 Å².